The second-order valence-corrected chi connectivity index (χ2v) is 7.52. The van der Waals surface area contributed by atoms with E-state index in [2.05, 4.69) is 15.9 Å². The highest BCUT2D eigenvalue weighted by molar-refractivity contribution is 9.10. The molecule has 0 spiro atoms. The maximum atomic E-state index is 12.7. The third-order valence-corrected chi connectivity index (χ3v) is 6.22. The van der Waals surface area contributed by atoms with Crippen molar-refractivity contribution in [2.45, 2.75) is 30.3 Å². The summed E-state index contributed by atoms with van der Waals surface area (Å²) >= 11 is 3.34. The Morgan fingerprint density at radius 2 is 2.15 bits per heavy atom. The number of methoxy groups -OCH3 is 1. The Balaban J connectivity index is 2.32. The summed E-state index contributed by atoms with van der Waals surface area (Å²) in [6.45, 7) is 1.16. The van der Waals surface area contributed by atoms with E-state index in [1.165, 1.54) is 0 Å². The van der Waals surface area contributed by atoms with Gasteiger partial charge in [-0.05, 0) is 46.5 Å². The molecule has 1 fully saturated rings. The normalized spacial score (nSPS) is 15.8. The Bertz CT molecular complexity index is 573. The molecule has 112 valence electrons. The summed E-state index contributed by atoms with van der Waals surface area (Å²) in [5.74, 6) is 0. The molecule has 0 atom stereocenters. The minimum Gasteiger partial charge on any atom is -0.383 e. The summed E-state index contributed by atoms with van der Waals surface area (Å²) < 4.78 is 32.6. The molecule has 0 bridgehead atoms. The molecule has 5 nitrogen and oxygen atoms in total. The fourth-order valence-electron chi connectivity index (χ4n) is 2.05. The lowest BCUT2D eigenvalue weighted by atomic mass is 10.2. The van der Waals surface area contributed by atoms with Gasteiger partial charge in [-0.2, -0.15) is 4.31 Å². The molecule has 0 amide bonds. The first-order valence-electron chi connectivity index (χ1n) is 6.50. The largest absolute Gasteiger partial charge is 0.383 e. The molecule has 1 aromatic rings. The van der Waals surface area contributed by atoms with E-state index in [9.17, 15) is 8.42 Å². The van der Waals surface area contributed by atoms with Crippen molar-refractivity contribution in [2.75, 3.05) is 20.3 Å². The Morgan fingerprint density at radius 1 is 1.45 bits per heavy atom. The van der Waals surface area contributed by atoms with Gasteiger partial charge in [-0.1, -0.05) is 6.07 Å². The molecule has 7 heteroatoms. The first-order chi connectivity index (χ1) is 9.50. The van der Waals surface area contributed by atoms with Crippen LogP contribution in [0.15, 0.2) is 27.6 Å². The maximum Gasteiger partial charge on any atom is 0.244 e. The zero-order valence-electron chi connectivity index (χ0n) is 11.4. The standard InChI is InChI=1S/C13H19BrN2O3S/c1-19-7-6-16(11-3-4-11)20(17,18)13-5-2-10(9-15)8-12(13)14/h2,5,8,11H,3-4,6-7,9,15H2,1H3. The highest BCUT2D eigenvalue weighted by atomic mass is 79.9. The average molecular weight is 363 g/mol. The van der Waals surface area contributed by atoms with Crippen molar-refractivity contribution in [3.8, 4) is 0 Å². The number of benzene rings is 1. The number of ether oxygens (including phenoxy) is 1. The number of nitrogens with zero attached hydrogens (tertiary/aromatic N) is 1. The van der Waals surface area contributed by atoms with E-state index in [1.807, 2.05) is 0 Å². The van der Waals surface area contributed by atoms with E-state index in [1.54, 1.807) is 29.6 Å². The molecular formula is C13H19BrN2O3S. The van der Waals surface area contributed by atoms with Gasteiger partial charge in [0.25, 0.3) is 0 Å². The summed E-state index contributed by atoms with van der Waals surface area (Å²) in [6.07, 6.45) is 1.84. The fourth-order valence-corrected chi connectivity index (χ4v) is 4.81. The molecule has 1 aliphatic carbocycles. The molecule has 0 saturated heterocycles. The van der Waals surface area contributed by atoms with Crippen molar-refractivity contribution in [3.63, 3.8) is 0 Å². The van der Waals surface area contributed by atoms with Crippen LogP contribution < -0.4 is 5.73 Å². The van der Waals surface area contributed by atoms with E-state index in [0.717, 1.165) is 18.4 Å². The van der Waals surface area contributed by atoms with Gasteiger partial charge in [-0.25, -0.2) is 8.42 Å². The van der Waals surface area contributed by atoms with Crippen LogP contribution >= 0.6 is 15.9 Å². The van der Waals surface area contributed by atoms with Gasteiger partial charge in [0.15, 0.2) is 0 Å². The predicted molar refractivity (Wildman–Crippen MR) is 80.8 cm³/mol. The van der Waals surface area contributed by atoms with Gasteiger partial charge < -0.3 is 10.5 Å². The van der Waals surface area contributed by atoms with Crippen LogP contribution in [-0.4, -0.2) is 39.0 Å². The molecule has 1 aromatic carbocycles. The quantitative estimate of drug-likeness (QED) is 0.801. The first-order valence-corrected chi connectivity index (χ1v) is 8.73. The van der Waals surface area contributed by atoms with Crippen molar-refractivity contribution in [2.24, 2.45) is 5.73 Å². The van der Waals surface area contributed by atoms with Crippen LogP contribution in [0.4, 0.5) is 0 Å². The molecule has 2 N–H and O–H groups in total. The van der Waals surface area contributed by atoms with Crippen molar-refractivity contribution in [3.05, 3.63) is 28.2 Å². The van der Waals surface area contributed by atoms with Crippen LogP contribution in [0.2, 0.25) is 0 Å². The SMILES string of the molecule is COCCN(C1CC1)S(=O)(=O)c1ccc(CN)cc1Br. The van der Waals surface area contributed by atoms with Gasteiger partial charge >= 0.3 is 0 Å². The highest BCUT2D eigenvalue weighted by Crippen LogP contribution is 2.34. The Labute approximate surface area is 128 Å². The zero-order chi connectivity index (χ0) is 14.8. The minimum atomic E-state index is -3.50. The van der Waals surface area contributed by atoms with E-state index in [0.29, 0.717) is 24.2 Å². The average Bonchev–Trinajstić information content (AvgIpc) is 3.23. The van der Waals surface area contributed by atoms with E-state index < -0.39 is 10.0 Å². The minimum absolute atomic E-state index is 0.108. The molecule has 0 unspecified atom stereocenters. The number of halogens is 1. The van der Waals surface area contributed by atoms with Gasteiger partial charge in [-0.3, -0.25) is 0 Å². The Morgan fingerprint density at radius 3 is 2.65 bits per heavy atom. The molecule has 0 aliphatic heterocycles. The molecule has 0 heterocycles. The van der Waals surface area contributed by atoms with Gasteiger partial charge in [0.05, 0.1) is 11.5 Å². The van der Waals surface area contributed by atoms with Gasteiger partial charge in [0, 0.05) is 30.7 Å². The van der Waals surface area contributed by atoms with Crippen LogP contribution in [0, 0.1) is 0 Å². The molecule has 0 radical (unpaired) electrons. The molecule has 0 aromatic heterocycles. The van der Waals surface area contributed by atoms with Crippen molar-refractivity contribution in [1.29, 1.82) is 0 Å². The fraction of sp³-hybridized carbons (Fsp3) is 0.538. The number of nitrogens with two attached hydrogens (primary N) is 1. The molecular weight excluding hydrogens is 344 g/mol. The number of sulfonamides is 1. The maximum absolute atomic E-state index is 12.7. The van der Waals surface area contributed by atoms with Gasteiger partial charge in [0.1, 0.15) is 0 Å². The van der Waals surface area contributed by atoms with Gasteiger partial charge in [-0.15, -0.1) is 0 Å². The van der Waals surface area contributed by atoms with E-state index in [-0.39, 0.29) is 10.9 Å². The summed E-state index contributed by atoms with van der Waals surface area (Å²) in [5, 5.41) is 0. The summed E-state index contributed by atoms with van der Waals surface area (Å²) in [4.78, 5) is 0.290. The second-order valence-electron chi connectivity index (χ2n) is 4.81. The number of hydrogen-bond donors (Lipinski definition) is 1. The van der Waals surface area contributed by atoms with Crippen LogP contribution in [0.3, 0.4) is 0 Å². The third-order valence-electron chi connectivity index (χ3n) is 3.29. The van der Waals surface area contributed by atoms with E-state index >= 15 is 0 Å². The summed E-state index contributed by atoms with van der Waals surface area (Å²) in [5.41, 5.74) is 6.46. The number of rotatable bonds is 7. The second kappa shape index (κ2) is 6.53. The molecule has 1 aliphatic rings. The lowest BCUT2D eigenvalue weighted by molar-refractivity contribution is 0.177. The molecule has 20 heavy (non-hydrogen) atoms. The molecule has 1 saturated carbocycles. The van der Waals surface area contributed by atoms with Crippen LogP contribution in [0.1, 0.15) is 18.4 Å². The summed E-state index contributed by atoms with van der Waals surface area (Å²) in [6, 6.07) is 5.23. The van der Waals surface area contributed by atoms with Crippen LogP contribution in [0.25, 0.3) is 0 Å². The smallest absolute Gasteiger partial charge is 0.244 e. The Hall–Kier alpha value is -0.470. The molecule has 2 rings (SSSR count). The van der Waals surface area contributed by atoms with Crippen LogP contribution in [0.5, 0.6) is 0 Å². The van der Waals surface area contributed by atoms with E-state index in [4.69, 9.17) is 10.5 Å². The topological polar surface area (TPSA) is 72.6 Å². The third kappa shape index (κ3) is 3.40. The predicted octanol–water partition coefficient (Wildman–Crippen LogP) is 1.71. The first kappa shape index (κ1) is 15.9. The number of hydrogen-bond acceptors (Lipinski definition) is 4. The summed E-state index contributed by atoms with van der Waals surface area (Å²) in [7, 11) is -1.93. The lowest BCUT2D eigenvalue weighted by Gasteiger charge is -2.22. The van der Waals surface area contributed by atoms with Crippen molar-refractivity contribution >= 4 is 26.0 Å². The monoisotopic (exact) mass is 362 g/mol. The zero-order valence-corrected chi connectivity index (χ0v) is 13.8. The lowest BCUT2D eigenvalue weighted by Crippen LogP contribution is -2.36. The van der Waals surface area contributed by atoms with Crippen LogP contribution in [-0.2, 0) is 21.3 Å². The van der Waals surface area contributed by atoms with Crippen molar-refractivity contribution in [1.82, 2.24) is 4.31 Å². The van der Waals surface area contributed by atoms with Crippen molar-refractivity contribution < 1.29 is 13.2 Å². The van der Waals surface area contributed by atoms with Gasteiger partial charge in [0.2, 0.25) is 10.0 Å². The highest BCUT2D eigenvalue weighted by Gasteiger charge is 2.38. The Kier molecular flexibility index (Phi) is 5.19.